The quantitative estimate of drug-likeness (QED) is 0.844. The van der Waals surface area contributed by atoms with Crippen LogP contribution in [0.5, 0.6) is 0 Å². The number of hydrogen-bond acceptors (Lipinski definition) is 4. The summed E-state index contributed by atoms with van der Waals surface area (Å²) in [6.07, 6.45) is 1.28. The minimum Gasteiger partial charge on any atom is -0.283 e. The smallest absolute Gasteiger partial charge is 0.238 e. The second-order valence-electron chi connectivity index (χ2n) is 4.32. The highest BCUT2D eigenvalue weighted by molar-refractivity contribution is 7.93. The van der Waals surface area contributed by atoms with E-state index in [-0.39, 0.29) is 15.8 Å². The van der Waals surface area contributed by atoms with Crippen molar-refractivity contribution >= 4 is 25.7 Å². The Hall–Kier alpha value is -1.12. The van der Waals surface area contributed by atoms with E-state index in [4.69, 9.17) is 5.14 Å². The van der Waals surface area contributed by atoms with Gasteiger partial charge in [-0.05, 0) is 37.5 Å². The van der Waals surface area contributed by atoms with Crippen molar-refractivity contribution < 1.29 is 16.8 Å². The molecule has 1 aromatic carbocycles. The van der Waals surface area contributed by atoms with Gasteiger partial charge < -0.3 is 0 Å². The standard InChI is InChI=1S/C10H14N2O4S2/c1-7-9(12-18(15,16)8-5-6-8)3-2-4-10(7)17(11,13)14/h2-4,8,12H,5-6H2,1H3,(H2,11,13,14). The number of nitrogens with two attached hydrogens (primary N) is 1. The Balaban J connectivity index is 2.41. The van der Waals surface area contributed by atoms with Gasteiger partial charge in [-0.15, -0.1) is 0 Å². The third-order valence-electron chi connectivity index (χ3n) is 2.81. The lowest BCUT2D eigenvalue weighted by molar-refractivity contribution is 0.595. The van der Waals surface area contributed by atoms with Crippen LogP contribution in [0, 0.1) is 6.92 Å². The molecular formula is C10H14N2O4S2. The lowest BCUT2D eigenvalue weighted by atomic mass is 10.2. The van der Waals surface area contributed by atoms with Crippen molar-refractivity contribution in [3.05, 3.63) is 23.8 Å². The van der Waals surface area contributed by atoms with E-state index in [9.17, 15) is 16.8 Å². The molecule has 1 aliphatic rings. The fraction of sp³-hybridized carbons (Fsp3) is 0.400. The first kappa shape index (κ1) is 13.3. The maximum absolute atomic E-state index is 11.8. The normalized spacial score (nSPS) is 16.6. The third-order valence-corrected chi connectivity index (χ3v) is 5.71. The van der Waals surface area contributed by atoms with Gasteiger partial charge >= 0.3 is 0 Å². The van der Waals surface area contributed by atoms with Gasteiger partial charge in [0.25, 0.3) is 0 Å². The molecular weight excluding hydrogens is 276 g/mol. The molecule has 0 bridgehead atoms. The van der Waals surface area contributed by atoms with Gasteiger partial charge in [-0.1, -0.05) is 6.07 Å². The Kier molecular flexibility index (Phi) is 3.12. The van der Waals surface area contributed by atoms with Gasteiger partial charge in [0, 0.05) is 0 Å². The topological polar surface area (TPSA) is 106 Å². The minimum absolute atomic E-state index is 0.0708. The van der Waals surface area contributed by atoms with Crippen molar-refractivity contribution in [1.82, 2.24) is 0 Å². The number of primary sulfonamides is 1. The van der Waals surface area contributed by atoms with Crippen molar-refractivity contribution in [2.24, 2.45) is 5.14 Å². The van der Waals surface area contributed by atoms with E-state index in [2.05, 4.69) is 4.72 Å². The molecule has 0 radical (unpaired) electrons. The molecule has 1 aromatic rings. The summed E-state index contributed by atoms with van der Waals surface area (Å²) in [5.41, 5.74) is 0.567. The first-order chi connectivity index (χ1) is 8.22. The number of rotatable bonds is 4. The zero-order chi connectivity index (χ0) is 13.6. The SMILES string of the molecule is Cc1c(NS(=O)(=O)C2CC2)cccc1S(N)(=O)=O. The number of anilines is 1. The maximum atomic E-state index is 11.8. The molecule has 0 amide bonds. The fourth-order valence-corrected chi connectivity index (χ4v) is 3.90. The van der Waals surface area contributed by atoms with Crippen LogP contribution >= 0.6 is 0 Å². The fourth-order valence-electron chi connectivity index (χ4n) is 1.65. The molecule has 6 nitrogen and oxygen atoms in total. The van der Waals surface area contributed by atoms with Gasteiger partial charge in [-0.25, -0.2) is 22.0 Å². The second-order valence-corrected chi connectivity index (χ2v) is 7.81. The zero-order valence-corrected chi connectivity index (χ0v) is 11.4. The summed E-state index contributed by atoms with van der Waals surface area (Å²) < 4.78 is 48.6. The molecule has 0 aliphatic heterocycles. The average molecular weight is 290 g/mol. The average Bonchev–Trinajstić information content (AvgIpc) is 3.02. The van der Waals surface area contributed by atoms with E-state index in [0.29, 0.717) is 18.4 Å². The highest BCUT2D eigenvalue weighted by Crippen LogP contribution is 2.31. The molecule has 0 saturated heterocycles. The van der Waals surface area contributed by atoms with Crippen LogP contribution in [0.15, 0.2) is 23.1 Å². The number of benzene rings is 1. The molecule has 0 aromatic heterocycles. The predicted molar refractivity (Wildman–Crippen MR) is 68.1 cm³/mol. The highest BCUT2D eigenvalue weighted by Gasteiger charge is 2.36. The summed E-state index contributed by atoms with van der Waals surface area (Å²) in [7, 11) is -7.26. The molecule has 1 saturated carbocycles. The molecule has 3 N–H and O–H groups in total. The second kappa shape index (κ2) is 4.22. The summed E-state index contributed by atoms with van der Waals surface area (Å²) in [6, 6.07) is 4.32. The molecule has 8 heteroatoms. The highest BCUT2D eigenvalue weighted by atomic mass is 32.2. The lowest BCUT2D eigenvalue weighted by Gasteiger charge is -2.12. The van der Waals surface area contributed by atoms with Crippen molar-refractivity contribution in [3.63, 3.8) is 0 Å². The Morgan fingerprint density at radius 3 is 2.33 bits per heavy atom. The van der Waals surface area contributed by atoms with Crippen LogP contribution in [0.1, 0.15) is 18.4 Å². The van der Waals surface area contributed by atoms with E-state index in [1.807, 2.05) is 0 Å². The van der Waals surface area contributed by atoms with Crippen molar-refractivity contribution in [2.45, 2.75) is 29.9 Å². The Bertz CT molecular complexity index is 676. The van der Waals surface area contributed by atoms with Crippen LogP contribution in [-0.2, 0) is 20.0 Å². The van der Waals surface area contributed by atoms with Crippen LogP contribution < -0.4 is 9.86 Å². The zero-order valence-electron chi connectivity index (χ0n) is 9.75. The van der Waals surface area contributed by atoms with Crippen molar-refractivity contribution in [1.29, 1.82) is 0 Å². The van der Waals surface area contributed by atoms with E-state index < -0.39 is 20.0 Å². The number of sulfonamides is 2. The number of hydrogen-bond donors (Lipinski definition) is 2. The summed E-state index contributed by atoms with van der Waals surface area (Å²) in [5.74, 6) is 0. The monoisotopic (exact) mass is 290 g/mol. The Morgan fingerprint density at radius 1 is 1.22 bits per heavy atom. The Labute approximate surface area is 106 Å². The molecule has 0 unspecified atom stereocenters. The molecule has 100 valence electrons. The lowest BCUT2D eigenvalue weighted by Crippen LogP contribution is -2.19. The molecule has 1 aliphatic carbocycles. The van der Waals surface area contributed by atoms with Gasteiger partial charge in [0.2, 0.25) is 20.0 Å². The van der Waals surface area contributed by atoms with Gasteiger partial charge in [0.15, 0.2) is 0 Å². The first-order valence-corrected chi connectivity index (χ1v) is 8.45. The van der Waals surface area contributed by atoms with Gasteiger partial charge in [0.05, 0.1) is 15.8 Å². The molecule has 0 atom stereocenters. The first-order valence-electron chi connectivity index (χ1n) is 5.36. The summed E-state index contributed by atoms with van der Waals surface area (Å²) in [5, 5.41) is 4.69. The summed E-state index contributed by atoms with van der Waals surface area (Å²) in [6.45, 7) is 1.52. The van der Waals surface area contributed by atoms with Crippen LogP contribution in [-0.4, -0.2) is 22.1 Å². The largest absolute Gasteiger partial charge is 0.283 e. The van der Waals surface area contributed by atoms with E-state index >= 15 is 0 Å². The third kappa shape index (κ3) is 2.65. The van der Waals surface area contributed by atoms with Crippen molar-refractivity contribution in [3.8, 4) is 0 Å². The van der Waals surface area contributed by atoms with Crippen LogP contribution in [0.4, 0.5) is 5.69 Å². The maximum Gasteiger partial charge on any atom is 0.238 e. The molecule has 1 fully saturated rings. The molecule has 2 rings (SSSR count). The number of nitrogens with one attached hydrogen (secondary N) is 1. The molecule has 0 heterocycles. The molecule has 18 heavy (non-hydrogen) atoms. The van der Waals surface area contributed by atoms with E-state index in [1.165, 1.54) is 25.1 Å². The van der Waals surface area contributed by atoms with Gasteiger partial charge in [-0.2, -0.15) is 0 Å². The van der Waals surface area contributed by atoms with Gasteiger partial charge in [0.1, 0.15) is 0 Å². The Morgan fingerprint density at radius 2 is 1.83 bits per heavy atom. The summed E-state index contributed by atoms with van der Waals surface area (Å²) >= 11 is 0. The predicted octanol–water partition coefficient (Wildman–Crippen LogP) is 0.547. The van der Waals surface area contributed by atoms with E-state index in [0.717, 1.165) is 0 Å². The van der Waals surface area contributed by atoms with Gasteiger partial charge in [-0.3, -0.25) is 4.72 Å². The summed E-state index contributed by atoms with van der Waals surface area (Å²) in [4.78, 5) is -0.0708. The van der Waals surface area contributed by atoms with E-state index in [1.54, 1.807) is 0 Å². The minimum atomic E-state index is -3.85. The van der Waals surface area contributed by atoms with Crippen molar-refractivity contribution in [2.75, 3.05) is 4.72 Å². The van der Waals surface area contributed by atoms with Crippen LogP contribution in [0.25, 0.3) is 0 Å². The van der Waals surface area contributed by atoms with Crippen LogP contribution in [0.3, 0.4) is 0 Å². The van der Waals surface area contributed by atoms with Crippen LogP contribution in [0.2, 0.25) is 0 Å². The molecule has 0 spiro atoms.